The molecule has 0 spiro atoms. The standard InChI is InChI=1S/C8H6NO4/c10-7(9-13)5-3-1-2-4-6(5)8(11)12/h1-4H,(H2-,9,10,11,12,13)/q-1. The summed E-state index contributed by atoms with van der Waals surface area (Å²) in [5.41, 5.74) is 0.806. The van der Waals surface area contributed by atoms with Crippen LogP contribution < -0.4 is 5.48 Å². The SMILES string of the molecule is O=C(O)c1ccccc1C(=O)N[O-]. The van der Waals surface area contributed by atoms with Crippen molar-refractivity contribution in [2.24, 2.45) is 0 Å². The second-order valence-corrected chi connectivity index (χ2v) is 2.28. The summed E-state index contributed by atoms with van der Waals surface area (Å²) in [6.45, 7) is 0. The lowest BCUT2D eigenvalue weighted by Crippen LogP contribution is -2.19. The van der Waals surface area contributed by atoms with E-state index in [0.29, 0.717) is 0 Å². The largest absolute Gasteiger partial charge is 0.759 e. The van der Waals surface area contributed by atoms with E-state index in [-0.39, 0.29) is 11.1 Å². The van der Waals surface area contributed by atoms with E-state index in [1.165, 1.54) is 24.3 Å². The van der Waals surface area contributed by atoms with E-state index in [9.17, 15) is 14.8 Å². The highest BCUT2D eigenvalue weighted by Crippen LogP contribution is 2.07. The fraction of sp³-hybridized carbons (Fsp3) is 0. The summed E-state index contributed by atoms with van der Waals surface area (Å²) >= 11 is 0. The number of amides is 1. The fourth-order valence-corrected chi connectivity index (χ4v) is 0.923. The minimum Gasteiger partial charge on any atom is -0.759 e. The molecular weight excluding hydrogens is 174 g/mol. The van der Waals surface area contributed by atoms with Gasteiger partial charge in [-0.25, -0.2) is 4.79 Å². The van der Waals surface area contributed by atoms with Gasteiger partial charge in [-0.15, -0.1) is 0 Å². The average Bonchev–Trinajstić information content (AvgIpc) is 2.16. The van der Waals surface area contributed by atoms with Crippen LogP contribution in [0.5, 0.6) is 0 Å². The molecule has 0 aliphatic carbocycles. The highest BCUT2D eigenvalue weighted by atomic mass is 16.5. The zero-order chi connectivity index (χ0) is 9.84. The van der Waals surface area contributed by atoms with Crippen LogP contribution in [0.3, 0.4) is 0 Å². The van der Waals surface area contributed by atoms with Gasteiger partial charge in [-0.05, 0) is 12.1 Å². The number of carbonyl (C=O) groups is 2. The zero-order valence-electron chi connectivity index (χ0n) is 6.48. The first-order chi connectivity index (χ1) is 6.16. The molecule has 1 aromatic rings. The Balaban J connectivity index is 3.19. The molecule has 1 amide bonds. The summed E-state index contributed by atoms with van der Waals surface area (Å²) < 4.78 is 0. The predicted octanol–water partition coefficient (Wildman–Crippen LogP) is 0.612. The van der Waals surface area contributed by atoms with Crippen LogP contribution in [0.2, 0.25) is 0 Å². The molecule has 0 saturated heterocycles. The molecule has 0 unspecified atom stereocenters. The topological polar surface area (TPSA) is 89.5 Å². The zero-order valence-corrected chi connectivity index (χ0v) is 6.48. The van der Waals surface area contributed by atoms with Crippen LogP contribution in [0, 0.1) is 5.21 Å². The number of carbonyl (C=O) groups excluding carboxylic acids is 1. The number of aromatic carboxylic acids is 1. The molecule has 5 nitrogen and oxygen atoms in total. The van der Waals surface area contributed by atoms with Crippen molar-refractivity contribution >= 4 is 11.9 Å². The fourth-order valence-electron chi connectivity index (χ4n) is 0.923. The summed E-state index contributed by atoms with van der Waals surface area (Å²) in [7, 11) is 0. The van der Waals surface area contributed by atoms with Crippen molar-refractivity contribution in [1.82, 2.24) is 5.48 Å². The summed E-state index contributed by atoms with van der Waals surface area (Å²) in [5.74, 6) is -2.18. The van der Waals surface area contributed by atoms with Crippen LogP contribution in [-0.2, 0) is 0 Å². The van der Waals surface area contributed by atoms with Crippen molar-refractivity contribution in [2.45, 2.75) is 0 Å². The third-order valence-corrected chi connectivity index (χ3v) is 1.49. The molecule has 0 bridgehead atoms. The van der Waals surface area contributed by atoms with Crippen LogP contribution >= 0.6 is 0 Å². The number of hydrogen-bond donors (Lipinski definition) is 2. The maximum atomic E-state index is 10.9. The van der Waals surface area contributed by atoms with E-state index in [2.05, 4.69) is 0 Å². The Kier molecular flexibility index (Phi) is 2.61. The molecule has 13 heavy (non-hydrogen) atoms. The molecule has 0 aliphatic heterocycles. The Bertz CT molecular complexity index is 348. The predicted molar refractivity (Wildman–Crippen MR) is 44.2 cm³/mol. The van der Waals surface area contributed by atoms with Crippen molar-refractivity contribution < 1.29 is 14.7 Å². The molecular formula is C8H6NO4-. The lowest BCUT2D eigenvalue weighted by molar-refractivity contribution is 0.0691. The van der Waals surface area contributed by atoms with E-state index in [1.54, 1.807) is 0 Å². The van der Waals surface area contributed by atoms with E-state index in [1.807, 2.05) is 0 Å². The first-order valence-electron chi connectivity index (χ1n) is 3.41. The van der Waals surface area contributed by atoms with Crippen molar-refractivity contribution in [2.75, 3.05) is 0 Å². The smallest absolute Gasteiger partial charge is 0.336 e. The van der Waals surface area contributed by atoms with Crippen molar-refractivity contribution in [3.05, 3.63) is 40.6 Å². The van der Waals surface area contributed by atoms with Crippen molar-refractivity contribution in [1.29, 1.82) is 0 Å². The average molecular weight is 180 g/mol. The summed E-state index contributed by atoms with van der Waals surface area (Å²) in [5, 5.41) is 18.6. The summed E-state index contributed by atoms with van der Waals surface area (Å²) in [6, 6.07) is 5.49. The van der Waals surface area contributed by atoms with Gasteiger partial charge in [0.15, 0.2) is 0 Å². The van der Waals surface area contributed by atoms with Crippen LogP contribution in [0.4, 0.5) is 0 Å². The van der Waals surface area contributed by atoms with E-state index >= 15 is 0 Å². The number of hydroxylamine groups is 1. The van der Waals surface area contributed by atoms with E-state index in [0.717, 1.165) is 5.48 Å². The van der Waals surface area contributed by atoms with Gasteiger partial charge >= 0.3 is 5.97 Å². The quantitative estimate of drug-likeness (QED) is 0.652. The highest BCUT2D eigenvalue weighted by molar-refractivity contribution is 6.04. The number of carboxylic acid groups (broad SMARTS) is 1. The number of carboxylic acids is 1. The van der Waals surface area contributed by atoms with Crippen LogP contribution in [0.1, 0.15) is 20.7 Å². The van der Waals surface area contributed by atoms with Crippen LogP contribution in [0.25, 0.3) is 0 Å². The second-order valence-electron chi connectivity index (χ2n) is 2.28. The Labute approximate surface area is 73.6 Å². The molecule has 0 atom stereocenters. The van der Waals surface area contributed by atoms with Gasteiger partial charge < -0.3 is 15.8 Å². The summed E-state index contributed by atoms with van der Waals surface area (Å²) in [4.78, 5) is 21.4. The molecule has 1 rings (SSSR count). The van der Waals surface area contributed by atoms with Gasteiger partial charge in [0, 0.05) is 0 Å². The molecule has 0 saturated carbocycles. The van der Waals surface area contributed by atoms with E-state index in [4.69, 9.17) is 5.11 Å². The van der Waals surface area contributed by atoms with Gasteiger partial charge in [0.25, 0.3) is 0 Å². The first-order valence-corrected chi connectivity index (χ1v) is 3.41. The molecule has 68 valence electrons. The van der Waals surface area contributed by atoms with Gasteiger partial charge in [-0.1, -0.05) is 12.1 Å². The van der Waals surface area contributed by atoms with Gasteiger partial charge in [0.1, 0.15) is 0 Å². The lowest BCUT2D eigenvalue weighted by atomic mass is 10.1. The van der Waals surface area contributed by atoms with Crippen LogP contribution in [-0.4, -0.2) is 17.0 Å². The molecule has 0 aromatic heterocycles. The summed E-state index contributed by atoms with van der Waals surface area (Å²) in [6.07, 6.45) is 0. The molecule has 0 aliphatic rings. The van der Waals surface area contributed by atoms with Gasteiger partial charge in [-0.3, -0.25) is 4.79 Å². The van der Waals surface area contributed by atoms with E-state index < -0.39 is 11.9 Å². The highest BCUT2D eigenvalue weighted by Gasteiger charge is 2.12. The molecule has 5 heteroatoms. The Morgan fingerprint density at radius 1 is 1.23 bits per heavy atom. The number of nitrogens with one attached hydrogen (secondary N) is 1. The van der Waals surface area contributed by atoms with Gasteiger partial charge in [0.2, 0.25) is 5.91 Å². The lowest BCUT2D eigenvalue weighted by Gasteiger charge is -2.08. The van der Waals surface area contributed by atoms with Gasteiger partial charge in [0.05, 0.1) is 11.1 Å². The van der Waals surface area contributed by atoms with Crippen LogP contribution in [0.15, 0.2) is 24.3 Å². The maximum Gasteiger partial charge on any atom is 0.336 e. The van der Waals surface area contributed by atoms with Crippen molar-refractivity contribution in [3.8, 4) is 0 Å². The third-order valence-electron chi connectivity index (χ3n) is 1.49. The normalized spacial score (nSPS) is 9.31. The number of rotatable bonds is 2. The minimum atomic E-state index is -1.24. The number of hydrogen-bond acceptors (Lipinski definition) is 3. The first kappa shape index (κ1) is 9.21. The minimum absolute atomic E-state index is 0.134. The van der Waals surface area contributed by atoms with Gasteiger partial charge in [-0.2, -0.15) is 0 Å². The molecule has 2 N–H and O–H groups in total. The Morgan fingerprint density at radius 3 is 2.23 bits per heavy atom. The Hall–Kier alpha value is -1.88. The van der Waals surface area contributed by atoms with Crippen molar-refractivity contribution in [3.63, 3.8) is 0 Å². The third kappa shape index (κ3) is 1.83. The monoisotopic (exact) mass is 180 g/mol. The Morgan fingerprint density at radius 2 is 1.77 bits per heavy atom. The molecule has 0 fully saturated rings. The second kappa shape index (κ2) is 3.68. The molecule has 1 aromatic carbocycles. The maximum absolute atomic E-state index is 10.9. The molecule has 0 radical (unpaired) electrons. The number of benzene rings is 1. The molecule has 0 heterocycles.